The van der Waals surface area contributed by atoms with Crippen LogP contribution in [-0.4, -0.2) is 30.2 Å². The first-order chi connectivity index (χ1) is 8.20. The first-order valence-corrected chi connectivity index (χ1v) is 5.95. The summed E-state index contributed by atoms with van der Waals surface area (Å²) in [4.78, 5) is 8.38. The number of ether oxygens (including phenoxy) is 1. The number of aromatic nitrogens is 2. The molecular weight excluding hydrogens is 284 g/mol. The van der Waals surface area contributed by atoms with Gasteiger partial charge < -0.3 is 15.8 Å². The summed E-state index contributed by atoms with van der Waals surface area (Å²) in [7, 11) is 1.66. The monoisotopic (exact) mass is 296 g/mol. The number of nitrogens with two attached hydrogens (primary N) is 1. The second kappa shape index (κ2) is 5.29. The standard InChI is InChI=1S/C11H13BrN4O/c1-17-5-4-14-10-8-3-2-7(12)6-9(8)15-11(13)16-10/h2-3,6H,4-5H2,1H3,(H3,13,14,15,16). The molecule has 6 heteroatoms. The molecule has 3 N–H and O–H groups in total. The first kappa shape index (κ1) is 12.1. The number of rotatable bonds is 4. The summed E-state index contributed by atoms with van der Waals surface area (Å²) in [6, 6.07) is 5.81. The second-order valence-corrected chi connectivity index (χ2v) is 4.43. The van der Waals surface area contributed by atoms with Crippen LogP contribution in [-0.2, 0) is 4.74 Å². The van der Waals surface area contributed by atoms with Crippen molar-refractivity contribution < 1.29 is 4.74 Å². The van der Waals surface area contributed by atoms with Gasteiger partial charge in [-0.15, -0.1) is 0 Å². The van der Waals surface area contributed by atoms with E-state index in [4.69, 9.17) is 10.5 Å². The van der Waals surface area contributed by atoms with E-state index < -0.39 is 0 Å². The van der Waals surface area contributed by atoms with Gasteiger partial charge in [0.1, 0.15) is 5.82 Å². The van der Waals surface area contributed by atoms with Crippen LogP contribution in [0.4, 0.5) is 11.8 Å². The molecule has 5 nitrogen and oxygen atoms in total. The largest absolute Gasteiger partial charge is 0.383 e. The molecule has 2 rings (SSSR count). The van der Waals surface area contributed by atoms with E-state index in [-0.39, 0.29) is 5.95 Å². The molecule has 1 aromatic heterocycles. The Balaban J connectivity index is 2.39. The molecule has 90 valence electrons. The van der Waals surface area contributed by atoms with Gasteiger partial charge in [-0.2, -0.15) is 4.98 Å². The summed E-state index contributed by atoms with van der Waals surface area (Å²) in [5, 5.41) is 4.12. The Morgan fingerprint density at radius 3 is 3.00 bits per heavy atom. The Hall–Kier alpha value is -1.40. The fourth-order valence-corrected chi connectivity index (χ4v) is 1.88. The van der Waals surface area contributed by atoms with Crippen LogP contribution in [0.1, 0.15) is 0 Å². The van der Waals surface area contributed by atoms with Crippen LogP contribution in [0.25, 0.3) is 10.9 Å². The highest BCUT2D eigenvalue weighted by Gasteiger charge is 2.05. The summed E-state index contributed by atoms with van der Waals surface area (Å²) < 4.78 is 5.94. The lowest BCUT2D eigenvalue weighted by molar-refractivity contribution is 0.210. The molecule has 1 heterocycles. The number of methoxy groups -OCH3 is 1. The van der Waals surface area contributed by atoms with Crippen molar-refractivity contribution in [2.75, 3.05) is 31.3 Å². The van der Waals surface area contributed by atoms with Crippen molar-refractivity contribution in [3.8, 4) is 0 Å². The van der Waals surface area contributed by atoms with Crippen LogP contribution in [0.2, 0.25) is 0 Å². The molecule has 0 radical (unpaired) electrons. The quantitative estimate of drug-likeness (QED) is 0.845. The maximum atomic E-state index is 5.67. The predicted octanol–water partition coefficient (Wildman–Crippen LogP) is 2.03. The number of nitrogens with one attached hydrogen (secondary N) is 1. The van der Waals surface area contributed by atoms with Crippen molar-refractivity contribution in [3.05, 3.63) is 22.7 Å². The number of halogens is 1. The third-order valence-electron chi connectivity index (χ3n) is 2.27. The highest BCUT2D eigenvalue weighted by Crippen LogP contribution is 2.24. The Morgan fingerprint density at radius 1 is 1.41 bits per heavy atom. The molecule has 0 spiro atoms. The number of anilines is 2. The summed E-state index contributed by atoms with van der Waals surface area (Å²) in [5.41, 5.74) is 6.48. The maximum absolute atomic E-state index is 5.67. The average molecular weight is 297 g/mol. The van der Waals surface area contributed by atoms with E-state index in [2.05, 4.69) is 31.2 Å². The van der Waals surface area contributed by atoms with E-state index in [1.165, 1.54) is 0 Å². The molecule has 0 aliphatic carbocycles. The Morgan fingerprint density at radius 2 is 2.24 bits per heavy atom. The fourth-order valence-electron chi connectivity index (χ4n) is 1.53. The topological polar surface area (TPSA) is 73.1 Å². The van der Waals surface area contributed by atoms with Gasteiger partial charge in [0.15, 0.2) is 0 Å². The van der Waals surface area contributed by atoms with Gasteiger partial charge in [0.2, 0.25) is 5.95 Å². The molecule has 0 atom stereocenters. The van der Waals surface area contributed by atoms with Crippen LogP contribution in [0.15, 0.2) is 22.7 Å². The molecular formula is C11H13BrN4O. The number of nitrogens with zero attached hydrogens (tertiary/aromatic N) is 2. The zero-order chi connectivity index (χ0) is 12.3. The van der Waals surface area contributed by atoms with Gasteiger partial charge in [0.25, 0.3) is 0 Å². The number of benzene rings is 1. The smallest absolute Gasteiger partial charge is 0.222 e. The van der Waals surface area contributed by atoms with Crippen molar-refractivity contribution in [3.63, 3.8) is 0 Å². The van der Waals surface area contributed by atoms with Crippen LogP contribution in [0.3, 0.4) is 0 Å². The summed E-state index contributed by atoms with van der Waals surface area (Å²) in [6.07, 6.45) is 0. The SMILES string of the molecule is COCCNc1nc(N)nc2cc(Br)ccc12. The van der Waals surface area contributed by atoms with Gasteiger partial charge in [-0.05, 0) is 18.2 Å². The van der Waals surface area contributed by atoms with Gasteiger partial charge in [0.05, 0.1) is 12.1 Å². The summed E-state index contributed by atoms with van der Waals surface area (Å²) >= 11 is 3.40. The van der Waals surface area contributed by atoms with E-state index in [1.54, 1.807) is 7.11 Å². The maximum Gasteiger partial charge on any atom is 0.222 e. The molecule has 0 saturated carbocycles. The number of nitrogen functional groups attached to an aromatic ring is 1. The van der Waals surface area contributed by atoms with Crippen molar-refractivity contribution in [1.82, 2.24) is 9.97 Å². The molecule has 0 amide bonds. The number of hydrogen-bond acceptors (Lipinski definition) is 5. The minimum absolute atomic E-state index is 0.260. The van der Waals surface area contributed by atoms with E-state index in [0.29, 0.717) is 13.2 Å². The van der Waals surface area contributed by atoms with E-state index in [0.717, 1.165) is 21.2 Å². The molecule has 0 saturated heterocycles. The Labute approximate surface area is 108 Å². The van der Waals surface area contributed by atoms with Gasteiger partial charge in [-0.1, -0.05) is 15.9 Å². The summed E-state index contributed by atoms with van der Waals surface area (Å²) in [6.45, 7) is 1.29. The van der Waals surface area contributed by atoms with Crippen molar-refractivity contribution in [1.29, 1.82) is 0 Å². The van der Waals surface area contributed by atoms with E-state index in [1.807, 2.05) is 18.2 Å². The van der Waals surface area contributed by atoms with Gasteiger partial charge in [-0.25, -0.2) is 4.98 Å². The first-order valence-electron chi connectivity index (χ1n) is 5.16. The third kappa shape index (κ3) is 2.83. The van der Waals surface area contributed by atoms with E-state index in [9.17, 15) is 0 Å². The van der Waals surface area contributed by atoms with Crippen molar-refractivity contribution >= 4 is 38.6 Å². The Bertz CT molecular complexity index is 527. The highest BCUT2D eigenvalue weighted by molar-refractivity contribution is 9.10. The molecule has 0 unspecified atom stereocenters. The lowest BCUT2D eigenvalue weighted by atomic mass is 10.2. The predicted molar refractivity (Wildman–Crippen MR) is 72.0 cm³/mol. The lowest BCUT2D eigenvalue weighted by Crippen LogP contribution is -2.10. The van der Waals surface area contributed by atoms with Gasteiger partial charge in [0, 0.05) is 23.5 Å². The Kier molecular flexibility index (Phi) is 3.75. The molecule has 0 fully saturated rings. The van der Waals surface area contributed by atoms with Crippen LogP contribution in [0.5, 0.6) is 0 Å². The van der Waals surface area contributed by atoms with Crippen molar-refractivity contribution in [2.24, 2.45) is 0 Å². The zero-order valence-corrected chi connectivity index (χ0v) is 11.0. The number of fused-ring (bicyclic) bond motifs is 1. The van der Waals surface area contributed by atoms with E-state index >= 15 is 0 Å². The lowest BCUT2D eigenvalue weighted by Gasteiger charge is -2.09. The molecule has 0 bridgehead atoms. The normalized spacial score (nSPS) is 10.7. The molecule has 0 aliphatic heterocycles. The molecule has 0 aliphatic rings. The van der Waals surface area contributed by atoms with Gasteiger partial charge >= 0.3 is 0 Å². The van der Waals surface area contributed by atoms with Crippen molar-refractivity contribution in [2.45, 2.75) is 0 Å². The number of hydrogen-bond donors (Lipinski definition) is 2. The molecule has 2 aromatic rings. The summed E-state index contributed by atoms with van der Waals surface area (Å²) in [5.74, 6) is 0.993. The van der Waals surface area contributed by atoms with Crippen LogP contribution >= 0.6 is 15.9 Å². The molecule has 1 aromatic carbocycles. The highest BCUT2D eigenvalue weighted by atomic mass is 79.9. The molecule has 17 heavy (non-hydrogen) atoms. The fraction of sp³-hybridized carbons (Fsp3) is 0.273. The zero-order valence-electron chi connectivity index (χ0n) is 9.40. The average Bonchev–Trinajstić information content (AvgIpc) is 2.28. The van der Waals surface area contributed by atoms with Gasteiger partial charge in [-0.3, -0.25) is 0 Å². The third-order valence-corrected chi connectivity index (χ3v) is 2.77. The van der Waals surface area contributed by atoms with Crippen LogP contribution < -0.4 is 11.1 Å². The van der Waals surface area contributed by atoms with Crippen LogP contribution in [0, 0.1) is 0 Å². The second-order valence-electron chi connectivity index (χ2n) is 3.51. The minimum atomic E-state index is 0.260. The minimum Gasteiger partial charge on any atom is -0.383 e.